The third kappa shape index (κ3) is 3.67. The molecule has 2 fully saturated rings. The largest absolute Gasteiger partial charge is 0.481 e. The zero-order chi connectivity index (χ0) is 15.4. The lowest BCUT2D eigenvalue weighted by molar-refractivity contribution is -0.142. The number of hydrogen-bond acceptors (Lipinski definition) is 5. The average Bonchev–Trinajstić information content (AvgIpc) is 3.07. The van der Waals surface area contributed by atoms with E-state index < -0.39 is 5.97 Å². The number of nitrogens with zero attached hydrogens (tertiary/aromatic N) is 3. The summed E-state index contributed by atoms with van der Waals surface area (Å²) in [6.07, 6.45) is 9.79. The number of ether oxygens (including phenoxy) is 1. The summed E-state index contributed by atoms with van der Waals surface area (Å²) in [5.41, 5.74) is 0. The van der Waals surface area contributed by atoms with E-state index in [0.29, 0.717) is 37.7 Å². The third-order valence-corrected chi connectivity index (χ3v) is 4.71. The Morgan fingerprint density at radius 3 is 2.64 bits per heavy atom. The first-order chi connectivity index (χ1) is 10.7. The average molecular weight is 305 g/mol. The molecule has 1 aromatic rings. The highest BCUT2D eigenvalue weighted by Crippen LogP contribution is 2.26. The smallest absolute Gasteiger partial charge is 0.306 e. The van der Waals surface area contributed by atoms with Gasteiger partial charge in [0.25, 0.3) is 0 Å². The summed E-state index contributed by atoms with van der Waals surface area (Å²) >= 11 is 0. The monoisotopic (exact) mass is 305 g/mol. The summed E-state index contributed by atoms with van der Waals surface area (Å²) in [4.78, 5) is 21.8. The maximum atomic E-state index is 11.0. The van der Waals surface area contributed by atoms with Crippen molar-refractivity contribution < 1.29 is 14.6 Å². The molecule has 0 amide bonds. The fourth-order valence-electron chi connectivity index (χ4n) is 3.30. The summed E-state index contributed by atoms with van der Waals surface area (Å²) in [6.45, 7) is 2.13. The summed E-state index contributed by atoms with van der Waals surface area (Å²) in [5, 5.41) is 9.05. The molecule has 6 heteroatoms. The number of anilines is 1. The molecule has 2 heterocycles. The molecule has 0 spiro atoms. The molecule has 22 heavy (non-hydrogen) atoms. The number of hydrogen-bond donors (Lipinski definition) is 1. The van der Waals surface area contributed by atoms with E-state index in [9.17, 15) is 4.79 Å². The van der Waals surface area contributed by atoms with Crippen LogP contribution in [0.25, 0.3) is 0 Å². The second-order valence-electron chi connectivity index (χ2n) is 6.28. The van der Waals surface area contributed by atoms with Crippen molar-refractivity contribution in [1.82, 2.24) is 9.97 Å². The number of carbonyl (C=O) groups is 1. The van der Waals surface area contributed by atoms with Gasteiger partial charge in [0.05, 0.1) is 24.9 Å². The van der Waals surface area contributed by atoms with E-state index in [1.807, 2.05) is 0 Å². The van der Waals surface area contributed by atoms with Crippen LogP contribution in [0.1, 0.15) is 38.5 Å². The quantitative estimate of drug-likeness (QED) is 0.900. The molecule has 0 atom stereocenters. The second-order valence-corrected chi connectivity index (χ2v) is 6.28. The molecule has 2 aliphatic rings. The lowest BCUT2D eigenvalue weighted by Gasteiger charge is -2.30. The Morgan fingerprint density at radius 1 is 1.23 bits per heavy atom. The molecule has 0 bridgehead atoms. The van der Waals surface area contributed by atoms with Gasteiger partial charge in [-0.25, -0.2) is 0 Å². The van der Waals surface area contributed by atoms with Crippen LogP contribution in [0.3, 0.4) is 0 Å². The van der Waals surface area contributed by atoms with E-state index in [2.05, 4.69) is 14.9 Å². The molecule has 120 valence electrons. The number of piperidine rings is 1. The molecule has 3 rings (SSSR count). The van der Waals surface area contributed by atoms with Gasteiger partial charge in [-0.1, -0.05) is 12.8 Å². The maximum absolute atomic E-state index is 11.0. The van der Waals surface area contributed by atoms with Crippen LogP contribution in [0.15, 0.2) is 12.4 Å². The van der Waals surface area contributed by atoms with Gasteiger partial charge >= 0.3 is 5.97 Å². The molecule has 1 saturated heterocycles. The van der Waals surface area contributed by atoms with Crippen molar-refractivity contribution in [3.05, 3.63) is 12.4 Å². The predicted molar refractivity (Wildman–Crippen MR) is 82.1 cm³/mol. The molecule has 6 nitrogen and oxygen atoms in total. The maximum Gasteiger partial charge on any atom is 0.306 e. The molecule has 1 aliphatic carbocycles. The predicted octanol–water partition coefficient (Wildman–Crippen LogP) is 2.35. The van der Waals surface area contributed by atoms with E-state index in [-0.39, 0.29) is 5.92 Å². The van der Waals surface area contributed by atoms with E-state index in [4.69, 9.17) is 9.84 Å². The zero-order valence-electron chi connectivity index (χ0n) is 12.8. The van der Waals surface area contributed by atoms with Gasteiger partial charge in [-0.05, 0) is 31.6 Å². The van der Waals surface area contributed by atoms with E-state index in [0.717, 1.165) is 12.4 Å². The minimum atomic E-state index is -0.695. The van der Waals surface area contributed by atoms with Gasteiger partial charge in [-0.3, -0.25) is 9.78 Å². The van der Waals surface area contributed by atoms with E-state index in [1.165, 1.54) is 25.7 Å². The van der Waals surface area contributed by atoms with Crippen molar-refractivity contribution in [3.63, 3.8) is 0 Å². The van der Waals surface area contributed by atoms with Gasteiger partial charge in [0.2, 0.25) is 5.88 Å². The summed E-state index contributed by atoms with van der Waals surface area (Å²) < 4.78 is 5.79. The van der Waals surface area contributed by atoms with Crippen molar-refractivity contribution in [2.75, 3.05) is 24.6 Å². The van der Waals surface area contributed by atoms with Gasteiger partial charge in [-0.15, -0.1) is 0 Å². The second kappa shape index (κ2) is 6.94. The number of aromatic nitrogens is 2. The molecular formula is C16H23N3O3. The third-order valence-electron chi connectivity index (χ3n) is 4.71. The Bertz CT molecular complexity index is 509. The fraction of sp³-hybridized carbons (Fsp3) is 0.688. The van der Waals surface area contributed by atoms with Gasteiger partial charge in [0.1, 0.15) is 0 Å². The SMILES string of the molecule is O=C(O)C1CCN(c2cncc(OCC3CCCC3)n2)CC1. The fourth-order valence-corrected chi connectivity index (χ4v) is 3.30. The summed E-state index contributed by atoms with van der Waals surface area (Å²) in [6, 6.07) is 0. The molecule has 1 saturated carbocycles. The molecule has 0 aromatic carbocycles. The minimum Gasteiger partial charge on any atom is -0.481 e. The highest BCUT2D eigenvalue weighted by molar-refractivity contribution is 5.70. The van der Waals surface area contributed by atoms with Crippen LogP contribution in [-0.4, -0.2) is 40.7 Å². The molecule has 1 aromatic heterocycles. The Balaban J connectivity index is 1.55. The number of aliphatic carboxylic acids is 1. The van der Waals surface area contributed by atoms with Crippen molar-refractivity contribution in [1.29, 1.82) is 0 Å². The summed E-state index contributed by atoms with van der Waals surface area (Å²) in [7, 11) is 0. The number of carboxylic acid groups (broad SMARTS) is 1. The first-order valence-corrected chi connectivity index (χ1v) is 8.15. The van der Waals surface area contributed by atoms with Crippen LogP contribution < -0.4 is 9.64 Å². The summed E-state index contributed by atoms with van der Waals surface area (Å²) in [5.74, 6) is 1.08. The molecule has 0 unspecified atom stereocenters. The standard InChI is InChI=1S/C16H23N3O3/c20-16(21)13-5-7-19(8-6-13)14-9-17-10-15(18-14)22-11-12-3-1-2-4-12/h9-10,12-13H,1-8,11H2,(H,20,21). The Morgan fingerprint density at radius 2 is 1.95 bits per heavy atom. The van der Waals surface area contributed by atoms with E-state index >= 15 is 0 Å². The normalized spacial score (nSPS) is 20.3. The lowest BCUT2D eigenvalue weighted by atomic mass is 9.97. The van der Waals surface area contributed by atoms with Crippen molar-refractivity contribution in [2.45, 2.75) is 38.5 Å². The van der Waals surface area contributed by atoms with Crippen LogP contribution in [0.5, 0.6) is 5.88 Å². The number of carboxylic acids is 1. The van der Waals surface area contributed by atoms with Gasteiger partial charge in [-0.2, -0.15) is 4.98 Å². The highest BCUT2D eigenvalue weighted by atomic mass is 16.5. The topological polar surface area (TPSA) is 75.5 Å². The van der Waals surface area contributed by atoms with Gasteiger partial charge < -0.3 is 14.7 Å². The Hall–Kier alpha value is -1.85. The lowest BCUT2D eigenvalue weighted by Crippen LogP contribution is -2.36. The van der Waals surface area contributed by atoms with Crippen LogP contribution >= 0.6 is 0 Å². The van der Waals surface area contributed by atoms with Crippen molar-refractivity contribution in [2.24, 2.45) is 11.8 Å². The van der Waals surface area contributed by atoms with Crippen molar-refractivity contribution in [3.8, 4) is 5.88 Å². The number of rotatable bonds is 5. The van der Waals surface area contributed by atoms with Crippen LogP contribution in [-0.2, 0) is 4.79 Å². The van der Waals surface area contributed by atoms with Crippen LogP contribution in [0.2, 0.25) is 0 Å². The minimum absolute atomic E-state index is 0.231. The van der Waals surface area contributed by atoms with Gasteiger partial charge in [0.15, 0.2) is 5.82 Å². The zero-order valence-corrected chi connectivity index (χ0v) is 12.8. The molecule has 1 aliphatic heterocycles. The van der Waals surface area contributed by atoms with E-state index in [1.54, 1.807) is 12.4 Å². The molecule has 1 N–H and O–H groups in total. The first-order valence-electron chi connectivity index (χ1n) is 8.15. The molecular weight excluding hydrogens is 282 g/mol. The van der Waals surface area contributed by atoms with Gasteiger partial charge in [0, 0.05) is 13.1 Å². The van der Waals surface area contributed by atoms with Crippen LogP contribution in [0.4, 0.5) is 5.82 Å². The Kier molecular flexibility index (Phi) is 4.75. The molecule has 0 radical (unpaired) electrons. The van der Waals surface area contributed by atoms with Crippen molar-refractivity contribution >= 4 is 11.8 Å². The van der Waals surface area contributed by atoms with Crippen LogP contribution in [0, 0.1) is 11.8 Å². The highest BCUT2D eigenvalue weighted by Gasteiger charge is 2.25. The first kappa shape index (κ1) is 15.1. The Labute approximate surface area is 130 Å².